The lowest BCUT2D eigenvalue weighted by Gasteiger charge is -2.53. The van der Waals surface area contributed by atoms with Crippen LogP contribution in [0.3, 0.4) is 0 Å². The van der Waals surface area contributed by atoms with Crippen LogP contribution in [0.15, 0.2) is 12.3 Å². The Bertz CT molecular complexity index is 399. The largest absolute Gasteiger partial charge is 0.348 e. The van der Waals surface area contributed by atoms with E-state index in [0.717, 1.165) is 0 Å². The van der Waals surface area contributed by atoms with Gasteiger partial charge in [-0.1, -0.05) is 13.3 Å². The summed E-state index contributed by atoms with van der Waals surface area (Å²) in [6.45, 7) is 11.8. The van der Waals surface area contributed by atoms with Crippen molar-refractivity contribution in [2.24, 2.45) is 0 Å². The number of aromatic amines is 1. The molecule has 0 unspecified atom stereocenters. The van der Waals surface area contributed by atoms with Gasteiger partial charge in [0.2, 0.25) is 0 Å². The summed E-state index contributed by atoms with van der Waals surface area (Å²) >= 11 is 0. The Hall–Kier alpha value is -0.920. The molecule has 108 valence electrons. The van der Waals surface area contributed by atoms with E-state index in [1.54, 1.807) is 0 Å². The third-order valence-electron chi connectivity index (χ3n) is 4.58. The molecule has 0 spiro atoms. The Balaban J connectivity index is 2.24. The van der Waals surface area contributed by atoms with Crippen LogP contribution in [-0.4, -0.2) is 16.1 Å². The monoisotopic (exact) mass is 262 g/mol. The van der Waals surface area contributed by atoms with Crippen LogP contribution < -0.4 is 4.90 Å². The zero-order chi connectivity index (χ0) is 14.1. The lowest BCUT2D eigenvalue weighted by atomic mass is 9.80. The standard InChI is InChI=1S/C17H30N2/c1-6-7-9-14-12-15(18-13-14)19-16(2,3)10-8-11-17(19,4)5/h12-13,18H,6-11H2,1-5H3. The van der Waals surface area contributed by atoms with Crippen molar-refractivity contribution in [3.05, 3.63) is 17.8 Å². The number of unbranched alkanes of at least 4 members (excludes halogenated alkanes) is 1. The average Bonchev–Trinajstić information content (AvgIpc) is 2.72. The fourth-order valence-electron chi connectivity index (χ4n) is 3.73. The van der Waals surface area contributed by atoms with Gasteiger partial charge in [-0.05, 0) is 71.4 Å². The third kappa shape index (κ3) is 2.98. The topological polar surface area (TPSA) is 19.0 Å². The van der Waals surface area contributed by atoms with E-state index in [-0.39, 0.29) is 11.1 Å². The molecule has 19 heavy (non-hydrogen) atoms. The van der Waals surface area contributed by atoms with Crippen LogP contribution in [0.4, 0.5) is 5.82 Å². The van der Waals surface area contributed by atoms with E-state index in [1.807, 2.05) is 0 Å². The van der Waals surface area contributed by atoms with E-state index in [1.165, 1.54) is 49.9 Å². The van der Waals surface area contributed by atoms with Gasteiger partial charge in [-0.2, -0.15) is 0 Å². The summed E-state index contributed by atoms with van der Waals surface area (Å²) in [4.78, 5) is 6.13. The predicted molar refractivity (Wildman–Crippen MR) is 83.9 cm³/mol. The molecular weight excluding hydrogens is 232 g/mol. The normalized spacial score (nSPS) is 21.6. The Morgan fingerprint density at radius 3 is 2.37 bits per heavy atom. The highest BCUT2D eigenvalue weighted by atomic mass is 15.3. The van der Waals surface area contributed by atoms with Gasteiger partial charge in [0.05, 0.1) is 0 Å². The average molecular weight is 262 g/mol. The van der Waals surface area contributed by atoms with Crippen LogP contribution >= 0.6 is 0 Å². The summed E-state index contributed by atoms with van der Waals surface area (Å²) in [7, 11) is 0. The maximum Gasteiger partial charge on any atom is 0.106 e. The van der Waals surface area contributed by atoms with Crippen molar-refractivity contribution >= 4 is 5.82 Å². The predicted octanol–water partition coefficient (Wildman–Crippen LogP) is 4.90. The minimum absolute atomic E-state index is 0.245. The molecule has 2 heterocycles. The van der Waals surface area contributed by atoms with Crippen molar-refractivity contribution < 1.29 is 0 Å². The minimum atomic E-state index is 0.245. The summed E-state index contributed by atoms with van der Waals surface area (Å²) < 4.78 is 0. The van der Waals surface area contributed by atoms with Gasteiger partial charge in [0.1, 0.15) is 5.82 Å². The third-order valence-corrected chi connectivity index (χ3v) is 4.58. The van der Waals surface area contributed by atoms with E-state index in [0.29, 0.717) is 0 Å². The fraction of sp³-hybridized carbons (Fsp3) is 0.765. The summed E-state index contributed by atoms with van der Waals surface area (Å²) in [5, 5.41) is 0. The van der Waals surface area contributed by atoms with Crippen molar-refractivity contribution in [2.45, 2.75) is 84.2 Å². The van der Waals surface area contributed by atoms with Gasteiger partial charge >= 0.3 is 0 Å². The Morgan fingerprint density at radius 1 is 1.16 bits per heavy atom. The minimum Gasteiger partial charge on any atom is -0.348 e. The number of aromatic nitrogens is 1. The molecule has 1 aliphatic rings. The molecule has 1 aliphatic heterocycles. The van der Waals surface area contributed by atoms with Gasteiger partial charge in [0.25, 0.3) is 0 Å². The van der Waals surface area contributed by atoms with Crippen molar-refractivity contribution in [3.63, 3.8) is 0 Å². The van der Waals surface area contributed by atoms with Crippen molar-refractivity contribution in [2.75, 3.05) is 4.90 Å². The van der Waals surface area contributed by atoms with Crippen molar-refractivity contribution in [1.82, 2.24) is 4.98 Å². The lowest BCUT2D eigenvalue weighted by molar-refractivity contribution is 0.242. The first kappa shape index (κ1) is 14.5. The number of nitrogens with one attached hydrogen (secondary N) is 1. The molecule has 0 saturated carbocycles. The summed E-state index contributed by atoms with van der Waals surface area (Å²) in [5.74, 6) is 1.31. The van der Waals surface area contributed by atoms with Gasteiger partial charge < -0.3 is 9.88 Å². The van der Waals surface area contributed by atoms with Crippen LogP contribution in [-0.2, 0) is 6.42 Å². The second-order valence-electron chi connectivity index (χ2n) is 7.31. The SMILES string of the molecule is CCCCc1c[nH]c(N2C(C)(C)CCCC2(C)C)c1. The molecule has 0 atom stereocenters. The Kier molecular flexibility index (Phi) is 3.98. The molecule has 2 nitrogen and oxygen atoms in total. The summed E-state index contributed by atoms with van der Waals surface area (Å²) in [6.07, 6.45) is 9.83. The Labute approximate surface area is 118 Å². The molecule has 1 saturated heterocycles. The molecular formula is C17H30N2. The Morgan fingerprint density at radius 2 is 1.79 bits per heavy atom. The van der Waals surface area contributed by atoms with Gasteiger partial charge in [-0.25, -0.2) is 0 Å². The molecule has 1 N–H and O–H groups in total. The molecule has 0 amide bonds. The number of anilines is 1. The number of aryl methyl sites for hydroxylation is 1. The number of piperidine rings is 1. The smallest absolute Gasteiger partial charge is 0.106 e. The van der Waals surface area contributed by atoms with Crippen molar-refractivity contribution in [1.29, 1.82) is 0 Å². The molecule has 0 bridgehead atoms. The molecule has 1 fully saturated rings. The van der Waals surface area contributed by atoms with Gasteiger partial charge in [-0.3, -0.25) is 0 Å². The second kappa shape index (κ2) is 5.22. The van der Waals surface area contributed by atoms with Crippen LogP contribution in [0, 0.1) is 0 Å². The zero-order valence-corrected chi connectivity index (χ0v) is 13.3. The van der Waals surface area contributed by atoms with E-state index in [2.05, 4.69) is 56.8 Å². The first-order valence-corrected chi connectivity index (χ1v) is 7.84. The maximum absolute atomic E-state index is 3.52. The van der Waals surface area contributed by atoms with Crippen LogP contribution in [0.25, 0.3) is 0 Å². The van der Waals surface area contributed by atoms with Gasteiger partial charge in [0.15, 0.2) is 0 Å². The number of hydrogen-bond donors (Lipinski definition) is 1. The summed E-state index contributed by atoms with van der Waals surface area (Å²) in [6, 6.07) is 2.37. The highest BCUT2D eigenvalue weighted by molar-refractivity contribution is 5.48. The molecule has 0 aromatic carbocycles. The summed E-state index contributed by atoms with van der Waals surface area (Å²) in [5.41, 5.74) is 1.94. The van der Waals surface area contributed by atoms with Crippen LogP contribution in [0.1, 0.15) is 72.3 Å². The van der Waals surface area contributed by atoms with Gasteiger partial charge in [-0.15, -0.1) is 0 Å². The molecule has 2 rings (SSSR count). The molecule has 0 radical (unpaired) electrons. The zero-order valence-electron chi connectivity index (χ0n) is 13.3. The van der Waals surface area contributed by atoms with E-state index in [9.17, 15) is 0 Å². The number of rotatable bonds is 4. The van der Waals surface area contributed by atoms with Gasteiger partial charge in [0, 0.05) is 17.3 Å². The number of nitrogens with zero attached hydrogens (tertiary/aromatic N) is 1. The first-order valence-electron chi connectivity index (χ1n) is 7.84. The maximum atomic E-state index is 3.52. The van der Waals surface area contributed by atoms with E-state index in [4.69, 9.17) is 0 Å². The molecule has 0 aliphatic carbocycles. The van der Waals surface area contributed by atoms with Crippen molar-refractivity contribution in [3.8, 4) is 0 Å². The molecule has 1 aromatic heterocycles. The molecule has 1 aromatic rings. The lowest BCUT2D eigenvalue weighted by Crippen LogP contribution is -2.59. The highest BCUT2D eigenvalue weighted by Crippen LogP contribution is 2.41. The molecule has 2 heteroatoms. The number of hydrogen-bond acceptors (Lipinski definition) is 1. The number of H-pyrrole nitrogens is 1. The second-order valence-corrected chi connectivity index (χ2v) is 7.31. The van der Waals surface area contributed by atoms with Crippen LogP contribution in [0.5, 0.6) is 0 Å². The van der Waals surface area contributed by atoms with Crippen LogP contribution in [0.2, 0.25) is 0 Å². The van der Waals surface area contributed by atoms with E-state index < -0.39 is 0 Å². The fourth-order valence-corrected chi connectivity index (χ4v) is 3.73. The highest BCUT2D eigenvalue weighted by Gasteiger charge is 2.41. The first-order chi connectivity index (χ1) is 8.87. The quantitative estimate of drug-likeness (QED) is 0.817. The van der Waals surface area contributed by atoms with E-state index >= 15 is 0 Å².